The van der Waals surface area contributed by atoms with E-state index in [2.05, 4.69) is 12.1 Å². The first-order chi connectivity index (χ1) is 9.13. The van der Waals surface area contributed by atoms with Gasteiger partial charge >= 0.3 is 0 Å². The van der Waals surface area contributed by atoms with Crippen LogP contribution in [0.2, 0.25) is 0 Å². The van der Waals surface area contributed by atoms with Gasteiger partial charge in [0.05, 0.1) is 13.0 Å². The Hall–Kier alpha value is -1.77. The zero-order chi connectivity index (χ0) is 13.8. The molecule has 19 heavy (non-hydrogen) atoms. The molecule has 3 nitrogen and oxygen atoms in total. The molecule has 1 amide bonds. The topological polar surface area (TPSA) is 29.5 Å². The van der Waals surface area contributed by atoms with E-state index in [1.165, 1.54) is 0 Å². The van der Waals surface area contributed by atoms with Crippen LogP contribution in [0.25, 0.3) is 5.57 Å². The van der Waals surface area contributed by atoms with Crippen LogP contribution in [0.1, 0.15) is 24.8 Å². The first kappa shape index (κ1) is 13.7. The molecule has 0 heterocycles. The molecular formula is C16H21NO2. The number of hydrogen-bond acceptors (Lipinski definition) is 2. The molecule has 0 radical (unpaired) electrons. The molecule has 2 rings (SSSR count). The second-order valence-electron chi connectivity index (χ2n) is 5.11. The summed E-state index contributed by atoms with van der Waals surface area (Å²) in [6, 6.07) is 7.96. The highest BCUT2D eigenvalue weighted by Gasteiger charge is 2.27. The van der Waals surface area contributed by atoms with Crippen molar-refractivity contribution in [2.75, 3.05) is 21.2 Å². The van der Waals surface area contributed by atoms with Gasteiger partial charge in [-0.1, -0.05) is 18.2 Å². The van der Waals surface area contributed by atoms with Crippen molar-refractivity contribution in [3.05, 3.63) is 35.9 Å². The number of benzene rings is 1. The Labute approximate surface area is 114 Å². The summed E-state index contributed by atoms with van der Waals surface area (Å²) < 4.78 is 5.27. The Balaban J connectivity index is 2.34. The third-order valence-electron chi connectivity index (χ3n) is 3.58. The second kappa shape index (κ2) is 5.91. The average Bonchev–Trinajstić information content (AvgIpc) is 2.46. The standard InChI is InChI=1S/C16H21NO2/c1-17(2)16(18)15-10-5-4-9-14(15)12-7-6-8-13(11-12)19-3/h6-9,11,15H,4-5,10H2,1-3H3. The number of rotatable bonds is 3. The molecule has 1 aromatic carbocycles. The minimum absolute atomic E-state index is 0.0177. The van der Waals surface area contributed by atoms with Crippen molar-refractivity contribution in [2.24, 2.45) is 5.92 Å². The number of allylic oxidation sites excluding steroid dienone is 1. The van der Waals surface area contributed by atoms with Gasteiger partial charge in [-0.3, -0.25) is 4.79 Å². The van der Waals surface area contributed by atoms with E-state index in [-0.39, 0.29) is 11.8 Å². The molecule has 0 saturated carbocycles. The van der Waals surface area contributed by atoms with Gasteiger partial charge in [0.2, 0.25) is 5.91 Å². The van der Waals surface area contributed by atoms with Gasteiger partial charge in [0, 0.05) is 14.1 Å². The van der Waals surface area contributed by atoms with E-state index >= 15 is 0 Å². The first-order valence-electron chi connectivity index (χ1n) is 6.69. The molecule has 1 aromatic rings. The average molecular weight is 259 g/mol. The molecule has 102 valence electrons. The first-order valence-corrected chi connectivity index (χ1v) is 6.69. The lowest BCUT2D eigenvalue weighted by Gasteiger charge is -2.26. The Kier molecular flexibility index (Phi) is 4.25. The molecular weight excluding hydrogens is 238 g/mol. The minimum atomic E-state index is -0.0177. The third-order valence-corrected chi connectivity index (χ3v) is 3.58. The van der Waals surface area contributed by atoms with Crippen LogP contribution >= 0.6 is 0 Å². The van der Waals surface area contributed by atoms with Gasteiger partial charge in [-0.25, -0.2) is 0 Å². The van der Waals surface area contributed by atoms with Gasteiger partial charge in [0.15, 0.2) is 0 Å². The molecule has 1 aliphatic rings. The molecule has 0 aromatic heterocycles. The summed E-state index contributed by atoms with van der Waals surface area (Å²) in [6.45, 7) is 0. The van der Waals surface area contributed by atoms with Crippen molar-refractivity contribution in [1.82, 2.24) is 4.90 Å². The zero-order valence-electron chi connectivity index (χ0n) is 11.8. The van der Waals surface area contributed by atoms with Crippen LogP contribution in [-0.4, -0.2) is 32.0 Å². The van der Waals surface area contributed by atoms with Crippen molar-refractivity contribution >= 4 is 11.5 Å². The van der Waals surface area contributed by atoms with Gasteiger partial charge in [-0.15, -0.1) is 0 Å². The maximum atomic E-state index is 12.3. The fraction of sp³-hybridized carbons (Fsp3) is 0.438. The predicted molar refractivity (Wildman–Crippen MR) is 77.0 cm³/mol. The molecule has 0 bridgehead atoms. The number of methoxy groups -OCH3 is 1. The van der Waals surface area contributed by atoms with Crippen LogP contribution in [0.3, 0.4) is 0 Å². The molecule has 1 unspecified atom stereocenters. The summed E-state index contributed by atoms with van der Waals surface area (Å²) >= 11 is 0. The van der Waals surface area contributed by atoms with Crippen molar-refractivity contribution in [3.63, 3.8) is 0 Å². The molecule has 3 heteroatoms. The molecule has 0 aliphatic heterocycles. The Morgan fingerprint density at radius 2 is 2.16 bits per heavy atom. The lowest BCUT2D eigenvalue weighted by Crippen LogP contribution is -2.31. The smallest absolute Gasteiger partial charge is 0.229 e. The van der Waals surface area contributed by atoms with E-state index in [1.807, 2.05) is 32.3 Å². The highest BCUT2D eigenvalue weighted by molar-refractivity contribution is 5.92. The Morgan fingerprint density at radius 1 is 1.37 bits per heavy atom. The van der Waals surface area contributed by atoms with Crippen LogP contribution in [0.15, 0.2) is 30.3 Å². The van der Waals surface area contributed by atoms with Crippen LogP contribution in [0.5, 0.6) is 5.75 Å². The van der Waals surface area contributed by atoms with Gasteiger partial charge < -0.3 is 9.64 Å². The molecule has 0 N–H and O–H groups in total. The van der Waals surface area contributed by atoms with Crippen LogP contribution in [-0.2, 0) is 4.79 Å². The van der Waals surface area contributed by atoms with Gasteiger partial charge in [-0.2, -0.15) is 0 Å². The lowest BCUT2D eigenvalue weighted by atomic mass is 9.83. The van der Waals surface area contributed by atoms with E-state index in [0.717, 1.165) is 36.1 Å². The van der Waals surface area contributed by atoms with E-state index in [9.17, 15) is 4.79 Å². The van der Waals surface area contributed by atoms with Crippen LogP contribution in [0.4, 0.5) is 0 Å². The maximum Gasteiger partial charge on any atom is 0.229 e. The molecule has 1 aliphatic carbocycles. The number of carbonyl (C=O) groups is 1. The van der Waals surface area contributed by atoms with Crippen molar-refractivity contribution in [2.45, 2.75) is 19.3 Å². The van der Waals surface area contributed by atoms with Crippen molar-refractivity contribution < 1.29 is 9.53 Å². The summed E-state index contributed by atoms with van der Waals surface area (Å²) in [4.78, 5) is 14.0. The zero-order valence-corrected chi connectivity index (χ0v) is 11.8. The summed E-state index contributed by atoms with van der Waals surface area (Å²) in [5.74, 6) is 1.00. The second-order valence-corrected chi connectivity index (χ2v) is 5.11. The quantitative estimate of drug-likeness (QED) is 0.835. The van der Waals surface area contributed by atoms with Gasteiger partial charge in [0.25, 0.3) is 0 Å². The van der Waals surface area contributed by atoms with Crippen molar-refractivity contribution in [3.8, 4) is 5.75 Å². The molecule has 0 fully saturated rings. The largest absolute Gasteiger partial charge is 0.497 e. The van der Waals surface area contributed by atoms with Crippen LogP contribution < -0.4 is 4.74 Å². The number of amides is 1. The maximum absolute atomic E-state index is 12.3. The predicted octanol–water partition coefficient (Wildman–Crippen LogP) is 2.97. The van der Waals surface area contributed by atoms with Gasteiger partial charge in [-0.05, 0) is 42.5 Å². The highest BCUT2D eigenvalue weighted by atomic mass is 16.5. The third kappa shape index (κ3) is 2.98. The number of carbonyl (C=O) groups excluding carboxylic acids is 1. The van der Waals surface area contributed by atoms with E-state index in [0.29, 0.717) is 0 Å². The monoisotopic (exact) mass is 259 g/mol. The van der Waals surface area contributed by atoms with Gasteiger partial charge in [0.1, 0.15) is 5.75 Å². The summed E-state index contributed by atoms with van der Waals surface area (Å²) in [5.41, 5.74) is 2.24. The fourth-order valence-corrected chi connectivity index (χ4v) is 2.57. The molecule has 1 atom stereocenters. The minimum Gasteiger partial charge on any atom is -0.497 e. The number of nitrogens with zero attached hydrogens (tertiary/aromatic N) is 1. The number of ether oxygens (including phenoxy) is 1. The summed E-state index contributed by atoms with van der Waals surface area (Å²) in [5, 5.41) is 0. The normalized spacial score (nSPS) is 18.7. The van der Waals surface area contributed by atoms with E-state index in [4.69, 9.17) is 4.74 Å². The Bertz CT molecular complexity index is 491. The highest BCUT2D eigenvalue weighted by Crippen LogP contribution is 2.34. The lowest BCUT2D eigenvalue weighted by molar-refractivity contribution is -0.131. The van der Waals surface area contributed by atoms with E-state index in [1.54, 1.807) is 12.0 Å². The Morgan fingerprint density at radius 3 is 2.84 bits per heavy atom. The summed E-state index contributed by atoms with van der Waals surface area (Å²) in [7, 11) is 5.30. The van der Waals surface area contributed by atoms with Crippen molar-refractivity contribution in [1.29, 1.82) is 0 Å². The number of hydrogen-bond donors (Lipinski definition) is 0. The summed E-state index contributed by atoms with van der Waals surface area (Å²) in [6.07, 6.45) is 5.26. The molecule has 0 spiro atoms. The SMILES string of the molecule is COc1cccc(C2=CCCCC2C(=O)N(C)C)c1. The van der Waals surface area contributed by atoms with E-state index < -0.39 is 0 Å². The fourth-order valence-electron chi connectivity index (χ4n) is 2.57. The van der Waals surface area contributed by atoms with Crippen LogP contribution in [0, 0.1) is 5.92 Å². The molecule has 0 saturated heterocycles.